The average Bonchev–Trinajstić information content (AvgIpc) is 2.93. The molecule has 2 aromatic rings. The Bertz CT molecular complexity index is 626. The molecule has 1 N–H and O–H groups in total. The first-order chi connectivity index (χ1) is 9.91. The number of nitrogens with one attached hydrogen (secondary N) is 1. The Hall–Kier alpha value is -1.32. The first-order valence-corrected chi connectivity index (χ1v) is 8.66. The maximum absolute atomic E-state index is 12.4. The van der Waals surface area contributed by atoms with E-state index < -0.39 is 11.4 Å². The third-order valence-electron chi connectivity index (χ3n) is 2.95. The monoisotopic (exact) mass is 318 g/mol. The largest absolute Gasteiger partial charge is 0.598 e. The predicted octanol–water partition coefficient (Wildman–Crippen LogP) is 3.76. The zero-order valence-corrected chi connectivity index (χ0v) is 13.9. The van der Waals surface area contributed by atoms with E-state index in [1.54, 1.807) is 0 Å². The fourth-order valence-electron chi connectivity index (χ4n) is 1.78. The zero-order valence-electron chi connectivity index (χ0n) is 12.3. The summed E-state index contributed by atoms with van der Waals surface area (Å²) in [7, 11) is 0. The molecule has 0 aliphatic rings. The molecule has 2 rings (SSSR count). The molecule has 0 aliphatic heterocycles. The van der Waals surface area contributed by atoms with Gasteiger partial charge in [-0.05, 0) is 32.4 Å². The minimum Gasteiger partial charge on any atom is -0.598 e. The van der Waals surface area contributed by atoms with Crippen LogP contribution < -0.4 is 4.72 Å². The van der Waals surface area contributed by atoms with Gasteiger partial charge in [-0.2, -0.15) is 5.26 Å². The fourth-order valence-corrected chi connectivity index (χ4v) is 3.60. The summed E-state index contributed by atoms with van der Waals surface area (Å²) in [6.07, 6.45) is 0. The van der Waals surface area contributed by atoms with Crippen molar-refractivity contribution in [1.82, 2.24) is 4.72 Å². The molecule has 0 aliphatic carbocycles. The predicted molar refractivity (Wildman–Crippen MR) is 88.4 cm³/mol. The number of nitriles is 1. The van der Waals surface area contributed by atoms with Crippen LogP contribution in [0.3, 0.4) is 0 Å². The molecule has 0 radical (unpaired) electrons. The van der Waals surface area contributed by atoms with E-state index in [0.29, 0.717) is 5.56 Å². The van der Waals surface area contributed by atoms with Gasteiger partial charge in [0.25, 0.3) is 0 Å². The maximum Gasteiger partial charge on any atom is 0.136 e. The van der Waals surface area contributed by atoms with Crippen LogP contribution in [0.25, 0.3) is 0 Å². The Morgan fingerprint density at radius 1 is 1.29 bits per heavy atom. The minimum absolute atomic E-state index is 0.168. The van der Waals surface area contributed by atoms with Crippen LogP contribution in [0.15, 0.2) is 41.8 Å². The lowest BCUT2D eigenvalue weighted by Gasteiger charge is -2.27. The minimum atomic E-state index is -1.19. The molecular formula is C16H18N2OS2. The van der Waals surface area contributed by atoms with Gasteiger partial charge >= 0.3 is 0 Å². The number of hydrogen-bond donors (Lipinski definition) is 1. The number of benzene rings is 1. The molecule has 0 bridgehead atoms. The van der Waals surface area contributed by atoms with Crippen molar-refractivity contribution >= 4 is 22.7 Å². The molecule has 0 fully saturated rings. The summed E-state index contributed by atoms with van der Waals surface area (Å²) < 4.78 is 15.3. The van der Waals surface area contributed by atoms with E-state index in [2.05, 4.69) is 10.8 Å². The van der Waals surface area contributed by atoms with Gasteiger partial charge in [-0.3, -0.25) is 0 Å². The molecule has 5 heteroatoms. The van der Waals surface area contributed by atoms with Crippen LogP contribution in [0, 0.1) is 11.3 Å². The van der Waals surface area contributed by atoms with Crippen LogP contribution in [0.2, 0.25) is 0 Å². The van der Waals surface area contributed by atoms with E-state index in [9.17, 15) is 4.55 Å². The SMILES string of the molecule is CC(C)(C)[S@+]([O-])N[C@@H](c1ccccc1)c1cc(C#N)cs1. The first kappa shape index (κ1) is 16.1. The van der Waals surface area contributed by atoms with Crippen molar-refractivity contribution in [2.24, 2.45) is 0 Å². The Morgan fingerprint density at radius 3 is 2.48 bits per heavy atom. The van der Waals surface area contributed by atoms with Gasteiger partial charge < -0.3 is 4.55 Å². The second kappa shape index (κ2) is 6.63. The van der Waals surface area contributed by atoms with E-state index >= 15 is 0 Å². The third-order valence-corrected chi connectivity index (χ3v) is 5.51. The molecule has 2 atom stereocenters. The number of hydrogen-bond acceptors (Lipinski definition) is 4. The van der Waals surface area contributed by atoms with Crippen molar-refractivity contribution in [1.29, 1.82) is 5.26 Å². The van der Waals surface area contributed by atoms with Gasteiger partial charge in [-0.1, -0.05) is 30.3 Å². The van der Waals surface area contributed by atoms with E-state index in [4.69, 9.17) is 5.26 Å². The maximum atomic E-state index is 12.4. The van der Waals surface area contributed by atoms with Crippen LogP contribution in [0.4, 0.5) is 0 Å². The molecule has 110 valence electrons. The molecule has 0 saturated carbocycles. The van der Waals surface area contributed by atoms with Gasteiger partial charge in [0.05, 0.1) is 5.56 Å². The lowest BCUT2D eigenvalue weighted by Crippen LogP contribution is -2.41. The van der Waals surface area contributed by atoms with E-state index in [-0.39, 0.29) is 10.8 Å². The molecule has 0 unspecified atom stereocenters. The zero-order chi connectivity index (χ0) is 15.5. The summed E-state index contributed by atoms with van der Waals surface area (Å²) in [6.45, 7) is 5.81. The Morgan fingerprint density at radius 2 is 1.95 bits per heavy atom. The number of rotatable bonds is 4. The lowest BCUT2D eigenvalue weighted by molar-refractivity contribution is 0.536. The van der Waals surface area contributed by atoms with Crippen LogP contribution in [0.5, 0.6) is 0 Å². The van der Waals surface area contributed by atoms with E-state index in [0.717, 1.165) is 10.4 Å². The topological polar surface area (TPSA) is 58.9 Å². The molecule has 0 saturated heterocycles. The molecular weight excluding hydrogens is 300 g/mol. The molecule has 1 aromatic carbocycles. The summed E-state index contributed by atoms with van der Waals surface area (Å²) in [6, 6.07) is 13.7. The molecule has 3 nitrogen and oxygen atoms in total. The van der Waals surface area contributed by atoms with Gasteiger partial charge in [-0.15, -0.1) is 16.1 Å². The van der Waals surface area contributed by atoms with Crippen LogP contribution in [-0.4, -0.2) is 9.30 Å². The lowest BCUT2D eigenvalue weighted by atomic mass is 10.1. The average molecular weight is 318 g/mol. The normalized spacial score (nSPS) is 14.4. The van der Waals surface area contributed by atoms with Crippen molar-refractivity contribution < 1.29 is 4.55 Å². The second-order valence-electron chi connectivity index (χ2n) is 5.69. The van der Waals surface area contributed by atoms with E-state index in [1.165, 1.54) is 11.3 Å². The second-order valence-corrected chi connectivity index (χ2v) is 8.63. The van der Waals surface area contributed by atoms with Crippen molar-refractivity contribution in [3.05, 3.63) is 57.8 Å². The summed E-state index contributed by atoms with van der Waals surface area (Å²) in [5.41, 5.74) is 1.68. The highest BCUT2D eigenvalue weighted by Gasteiger charge is 2.31. The standard InChI is InChI=1S/C16H18N2OS2/c1-16(2,3)21(19)18-15(13-7-5-4-6-8-13)14-9-12(10-17)11-20-14/h4-9,11,15,18H,1-3H3/t15-,21-/m0/s1. The van der Waals surface area contributed by atoms with Gasteiger partial charge in [0.2, 0.25) is 0 Å². The third kappa shape index (κ3) is 4.08. The van der Waals surface area contributed by atoms with Crippen molar-refractivity contribution in [3.63, 3.8) is 0 Å². The quantitative estimate of drug-likeness (QED) is 0.873. The van der Waals surface area contributed by atoms with Crippen LogP contribution >= 0.6 is 11.3 Å². The highest BCUT2D eigenvalue weighted by Crippen LogP contribution is 2.30. The number of thiophene rings is 1. The van der Waals surface area contributed by atoms with Crippen molar-refractivity contribution in [2.75, 3.05) is 0 Å². The summed E-state index contributed by atoms with van der Waals surface area (Å²) in [4.78, 5) is 0.996. The number of nitrogens with zero attached hydrogens (tertiary/aromatic N) is 1. The van der Waals surface area contributed by atoms with Crippen molar-refractivity contribution in [3.8, 4) is 6.07 Å². The van der Waals surface area contributed by atoms with Gasteiger partial charge in [-0.25, -0.2) is 0 Å². The van der Waals surface area contributed by atoms with E-state index in [1.807, 2.05) is 62.5 Å². The molecule has 1 aromatic heterocycles. The molecule has 0 spiro atoms. The van der Waals surface area contributed by atoms with Gasteiger partial charge in [0.15, 0.2) is 0 Å². The fraction of sp³-hybridized carbons (Fsp3) is 0.312. The Labute approximate surface area is 132 Å². The Kier molecular flexibility index (Phi) is 5.07. The summed E-state index contributed by atoms with van der Waals surface area (Å²) in [5, 5.41) is 10.8. The first-order valence-electron chi connectivity index (χ1n) is 6.63. The smallest absolute Gasteiger partial charge is 0.136 e. The summed E-state index contributed by atoms with van der Waals surface area (Å²) >= 11 is 0.323. The van der Waals surface area contributed by atoms with Gasteiger partial charge in [0.1, 0.15) is 16.9 Å². The molecule has 21 heavy (non-hydrogen) atoms. The highest BCUT2D eigenvalue weighted by molar-refractivity contribution is 7.90. The van der Waals surface area contributed by atoms with Crippen LogP contribution in [0.1, 0.15) is 42.8 Å². The van der Waals surface area contributed by atoms with Crippen molar-refractivity contribution in [2.45, 2.75) is 31.6 Å². The van der Waals surface area contributed by atoms with Gasteiger partial charge in [0, 0.05) is 21.6 Å². The highest BCUT2D eigenvalue weighted by atomic mass is 32.2. The summed E-state index contributed by atoms with van der Waals surface area (Å²) in [5.74, 6) is 0. The molecule has 1 heterocycles. The molecule has 0 amide bonds. The Balaban J connectivity index is 2.34. The van der Waals surface area contributed by atoms with Crippen LogP contribution in [-0.2, 0) is 11.4 Å².